The first kappa shape index (κ1) is 28.5. The van der Waals surface area contributed by atoms with Crippen LogP contribution in [0.4, 0.5) is 0 Å². The third kappa shape index (κ3) is 14.2. The molecule has 1 amide bonds. The van der Waals surface area contributed by atoms with Crippen LogP contribution in [0, 0.1) is 16.7 Å². The normalized spacial score (nSPS) is 18.3. The van der Waals surface area contributed by atoms with Crippen molar-refractivity contribution in [3.63, 3.8) is 0 Å². The number of carbonyl (C=O) groups excluding carboxylic acids is 1. The smallest absolute Gasteiger partial charge is 0.220 e. The van der Waals surface area contributed by atoms with Gasteiger partial charge in [-0.1, -0.05) is 67.0 Å². The molecule has 29 heavy (non-hydrogen) atoms. The van der Waals surface area contributed by atoms with Gasteiger partial charge in [0.1, 0.15) is 0 Å². The second-order valence-electron chi connectivity index (χ2n) is 11.1. The van der Waals surface area contributed by atoms with E-state index in [1.165, 1.54) is 12.8 Å². The Kier molecular flexibility index (Phi) is 12.1. The van der Waals surface area contributed by atoms with E-state index in [2.05, 4.69) is 66.4 Å². The number of aliphatic hydroxyl groups excluding tert-OH is 2. The Labute approximate surface area is 185 Å². The largest absolute Gasteiger partial charge is 0.394 e. The molecule has 0 spiro atoms. The summed E-state index contributed by atoms with van der Waals surface area (Å²) in [7, 11) is 0. The number of rotatable bonds is 13. The van der Waals surface area contributed by atoms with Gasteiger partial charge in [-0.3, -0.25) is 4.79 Å². The Morgan fingerprint density at radius 3 is 2.24 bits per heavy atom. The van der Waals surface area contributed by atoms with E-state index in [1.54, 1.807) is 6.08 Å². The zero-order valence-corrected chi connectivity index (χ0v) is 21.0. The van der Waals surface area contributed by atoms with Crippen molar-refractivity contribution in [1.82, 2.24) is 5.32 Å². The minimum Gasteiger partial charge on any atom is -0.394 e. The van der Waals surface area contributed by atoms with Crippen LogP contribution >= 0.6 is 12.6 Å². The summed E-state index contributed by atoms with van der Waals surface area (Å²) >= 11 is 4.68. The minimum atomic E-state index is -0.948. The molecule has 0 aliphatic heterocycles. The van der Waals surface area contributed by atoms with Crippen molar-refractivity contribution in [2.75, 3.05) is 6.61 Å². The first-order valence-corrected chi connectivity index (χ1v) is 11.6. The molecule has 172 valence electrons. The van der Waals surface area contributed by atoms with E-state index in [-0.39, 0.29) is 22.7 Å². The highest BCUT2D eigenvalue weighted by Gasteiger charge is 2.26. The van der Waals surface area contributed by atoms with Gasteiger partial charge in [-0.2, -0.15) is 12.6 Å². The number of hydrogen-bond donors (Lipinski definition) is 4. The monoisotopic (exact) mass is 429 g/mol. The maximum absolute atomic E-state index is 12.3. The molecule has 0 aromatic carbocycles. The van der Waals surface area contributed by atoms with Crippen molar-refractivity contribution < 1.29 is 15.0 Å². The molecule has 5 heteroatoms. The average Bonchev–Trinajstić information content (AvgIpc) is 2.53. The van der Waals surface area contributed by atoms with Crippen LogP contribution in [0.3, 0.4) is 0 Å². The predicted octanol–water partition coefficient (Wildman–Crippen LogP) is 5.14. The molecule has 0 bridgehead atoms. The van der Waals surface area contributed by atoms with Gasteiger partial charge in [0.05, 0.1) is 18.8 Å². The van der Waals surface area contributed by atoms with E-state index >= 15 is 0 Å². The summed E-state index contributed by atoms with van der Waals surface area (Å²) in [6.07, 6.45) is 8.06. The third-order valence-electron chi connectivity index (χ3n) is 5.19. The van der Waals surface area contributed by atoms with Gasteiger partial charge in [0.25, 0.3) is 0 Å². The van der Waals surface area contributed by atoms with E-state index in [9.17, 15) is 15.0 Å². The van der Waals surface area contributed by atoms with E-state index in [1.807, 2.05) is 13.0 Å². The lowest BCUT2D eigenvalue weighted by Gasteiger charge is -2.29. The van der Waals surface area contributed by atoms with E-state index in [0.717, 1.165) is 19.3 Å². The van der Waals surface area contributed by atoms with E-state index in [0.29, 0.717) is 17.8 Å². The zero-order chi connectivity index (χ0) is 22.9. The Bertz CT molecular complexity index is 509. The molecule has 0 aromatic rings. The van der Waals surface area contributed by atoms with Crippen molar-refractivity contribution in [2.45, 2.75) is 111 Å². The summed E-state index contributed by atoms with van der Waals surface area (Å²) in [5.74, 6) is 0.335. The van der Waals surface area contributed by atoms with Gasteiger partial charge in [-0.05, 0) is 49.4 Å². The van der Waals surface area contributed by atoms with Gasteiger partial charge in [-0.25, -0.2) is 0 Å². The lowest BCUT2D eigenvalue weighted by molar-refractivity contribution is -0.123. The molecule has 0 aliphatic carbocycles. The van der Waals surface area contributed by atoms with Gasteiger partial charge in [-0.15, -0.1) is 0 Å². The molecule has 0 saturated carbocycles. The van der Waals surface area contributed by atoms with Crippen LogP contribution in [0.1, 0.15) is 93.9 Å². The molecule has 0 rings (SSSR count). The highest BCUT2D eigenvalue weighted by molar-refractivity contribution is 7.82. The van der Waals surface area contributed by atoms with Crippen molar-refractivity contribution in [3.05, 3.63) is 12.2 Å². The molecule has 2 unspecified atom stereocenters. The first-order chi connectivity index (χ1) is 13.1. The number of hydrogen-bond acceptors (Lipinski definition) is 4. The molecule has 0 saturated heterocycles. The minimum absolute atomic E-state index is 0.110. The molecule has 0 aromatic heterocycles. The Morgan fingerprint density at radius 1 is 1.17 bits per heavy atom. The molecular weight excluding hydrogens is 382 g/mol. The van der Waals surface area contributed by atoms with Crippen LogP contribution in [0.5, 0.6) is 0 Å². The van der Waals surface area contributed by atoms with Crippen molar-refractivity contribution >= 4 is 18.5 Å². The topological polar surface area (TPSA) is 69.6 Å². The molecule has 0 heterocycles. The van der Waals surface area contributed by atoms with Crippen LogP contribution in [0.2, 0.25) is 0 Å². The summed E-state index contributed by atoms with van der Waals surface area (Å²) in [5, 5.41) is 22.8. The summed E-state index contributed by atoms with van der Waals surface area (Å²) in [6, 6.07) is -0.704. The van der Waals surface area contributed by atoms with Gasteiger partial charge in [0, 0.05) is 11.2 Å². The van der Waals surface area contributed by atoms with E-state index in [4.69, 9.17) is 0 Å². The van der Waals surface area contributed by atoms with Gasteiger partial charge in [0.15, 0.2) is 0 Å². The van der Waals surface area contributed by atoms with Crippen molar-refractivity contribution in [1.29, 1.82) is 0 Å². The number of nitrogens with one attached hydrogen (secondary N) is 1. The van der Waals surface area contributed by atoms with Crippen molar-refractivity contribution in [3.8, 4) is 0 Å². The molecular formula is C24H47NO3S. The van der Waals surface area contributed by atoms with Gasteiger partial charge >= 0.3 is 0 Å². The van der Waals surface area contributed by atoms with Crippen LogP contribution in [-0.2, 0) is 4.79 Å². The maximum atomic E-state index is 12.3. The highest BCUT2D eigenvalue weighted by Crippen LogP contribution is 2.33. The Morgan fingerprint density at radius 2 is 1.76 bits per heavy atom. The van der Waals surface area contributed by atoms with Crippen LogP contribution in [0.15, 0.2) is 12.2 Å². The molecule has 4 nitrogen and oxygen atoms in total. The second-order valence-corrected chi connectivity index (χ2v) is 12.1. The highest BCUT2D eigenvalue weighted by atomic mass is 32.1. The fourth-order valence-electron chi connectivity index (χ4n) is 4.29. The zero-order valence-electron chi connectivity index (χ0n) is 20.1. The summed E-state index contributed by atoms with van der Waals surface area (Å²) in [4.78, 5) is 12.3. The second kappa shape index (κ2) is 12.4. The average molecular weight is 430 g/mol. The quantitative estimate of drug-likeness (QED) is 0.242. The standard InChI is InChI=1S/C24H47NO3S/c1-9-13-23(6,7)15-18(2)10-11-21(28)25-19(16-26)20(27)12-14-24(8,29)17-22(3,4)5/h12,14,18-20,26-27,29H,9-11,13,15-17H2,1-8H3,(H,25,28)/b14-12+/t18?,19-,20-,24?/m1/s1. The SMILES string of the molecule is CCCC(C)(C)CC(C)CCC(=O)N[C@H](CO)[C@H](O)/C=C/C(C)(S)CC(C)(C)C. The fraction of sp³-hybridized carbons (Fsp3) is 0.875. The molecule has 0 aliphatic rings. The first-order valence-electron chi connectivity index (χ1n) is 11.1. The summed E-state index contributed by atoms with van der Waals surface area (Å²) in [5.41, 5.74) is 0.407. The maximum Gasteiger partial charge on any atom is 0.220 e. The number of thiol groups is 1. The fourth-order valence-corrected chi connectivity index (χ4v) is 4.85. The molecule has 4 atom stereocenters. The van der Waals surface area contributed by atoms with E-state index < -0.39 is 12.1 Å². The van der Waals surface area contributed by atoms with Crippen LogP contribution in [0.25, 0.3) is 0 Å². The summed E-state index contributed by atoms with van der Waals surface area (Å²) < 4.78 is -0.371. The number of aliphatic hydroxyl groups is 2. The Balaban J connectivity index is 4.62. The van der Waals surface area contributed by atoms with Crippen molar-refractivity contribution in [2.24, 2.45) is 16.7 Å². The predicted molar refractivity (Wildman–Crippen MR) is 127 cm³/mol. The van der Waals surface area contributed by atoms with Crippen LogP contribution in [-0.4, -0.2) is 39.6 Å². The molecule has 3 N–H and O–H groups in total. The number of carbonyl (C=O) groups is 1. The Hall–Kier alpha value is -0.520. The summed E-state index contributed by atoms with van der Waals surface area (Å²) in [6.45, 7) is 17.1. The van der Waals surface area contributed by atoms with Gasteiger partial charge in [0.2, 0.25) is 5.91 Å². The van der Waals surface area contributed by atoms with Crippen LogP contribution < -0.4 is 5.32 Å². The lowest BCUT2D eigenvalue weighted by atomic mass is 9.78. The lowest BCUT2D eigenvalue weighted by Crippen LogP contribution is -2.45. The van der Waals surface area contributed by atoms with Gasteiger partial charge < -0.3 is 15.5 Å². The molecule has 0 radical (unpaired) electrons. The number of amides is 1. The third-order valence-corrected chi connectivity index (χ3v) is 5.50. The molecule has 0 fully saturated rings.